The molecule has 0 amide bonds. The molecule has 2 aliphatic rings. The molecule has 1 aliphatic heterocycles. The zero-order valence-electron chi connectivity index (χ0n) is 18.8. The van der Waals surface area contributed by atoms with E-state index in [1.165, 1.54) is 17.5 Å². The van der Waals surface area contributed by atoms with E-state index in [-0.39, 0.29) is 25.2 Å². The number of hydrogen-bond donors (Lipinski definition) is 0. The van der Waals surface area contributed by atoms with Crippen molar-refractivity contribution in [3.8, 4) is 17.2 Å². The van der Waals surface area contributed by atoms with Crippen LogP contribution < -0.4 is 14.2 Å². The summed E-state index contributed by atoms with van der Waals surface area (Å²) in [4.78, 5) is 14.8. The minimum Gasteiger partial charge on any atom is -0.497 e. The van der Waals surface area contributed by atoms with Gasteiger partial charge >= 0.3 is 5.97 Å². The predicted molar refractivity (Wildman–Crippen MR) is 125 cm³/mol. The monoisotopic (exact) mass is 461 g/mol. The molecule has 0 fully saturated rings. The lowest BCUT2D eigenvalue weighted by Gasteiger charge is -2.34. The van der Waals surface area contributed by atoms with Gasteiger partial charge in [0.15, 0.2) is 11.5 Å². The van der Waals surface area contributed by atoms with Crippen molar-refractivity contribution >= 4 is 18.4 Å². The molecule has 1 heterocycles. The van der Waals surface area contributed by atoms with E-state index >= 15 is 0 Å². The van der Waals surface area contributed by atoms with E-state index in [0.29, 0.717) is 29.7 Å². The van der Waals surface area contributed by atoms with Crippen LogP contribution in [0.1, 0.15) is 47.7 Å². The van der Waals surface area contributed by atoms with Crippen LogP contribution in [0.2, 0.25) is 0 Å². The molecule has 174 valence electrons. The predicted octanol–water partition coefficient (Wildman–Crippen LogP) is 4.66. The number of fused-ring (bicyclic) bond motifs is 2. The van der Waals surface area contributed by atoms with Gasteiger partial charge in [0.05, 0.1) is 19.3 Å². The van der Waals surface area contributed by atoms with Gasteiger partial charge in [0.2, 0.25) is 6.79 Å². The number of aryl methyl sites for hydroxylation is 1. The normalized spacial score (nSPS) is 16.3. The average Bonchev–Trinajstić information content (AvgIpc) is 3.28. The summed E-state index contributed by atoms with van der Waals surface area (Å²) in [6, 6.07) is 12.2. The fraction of sp³-hybridized carbons (Fsp3) is 0.480. The van der Waals surface area contributed by atoms with Crippen LogP contribution in [-0.4, -0.2) is 50.5 Å². The molecule has 0 saturated carbocycles. The molecular weight excluding hydrogens is 430 g/mol. The molecule has 1 aliphatic carbocycles. The van der Waals surface area contributed by atoms with Crippen LogP contribution in [-0.2, 0) is 17.6 Å². The van der Waals surface area contributed by atoms with E-state index in [4.69, 9.17) is 18.9 Å². The van der Waals surface area contributed by atoms with E-state index < -0.39 is 0 Å². The van der Waals surface area contributed by atoms with Crippen LogP contribution in [0.25, 0.3) is 0 Å². The Balaban J connectivity index is 0.00000289. The van der Waals surface area contributed by atoms with E-state index in [2.05, 4.69) is 30.0 Å². The first kappa shape index (κ1) is 24.2. The van der Waals surface area contributed by atoms with Crippen LogP contribution in [0.5, 0.6) is 17.2 Å². The number of nitrogens with zero attached hydrogens (tertiary/aromatic N) is 1. The van der Waals surface area contributed by atoms with E-state index in [0.717, 1.165) is 44.5 Å². The minimum absolute atomic E-state index is 0. The molecule has 0 bridgehead atoms. The smallest absolute Gasteiger partial charge is 0.338 e. The van der Waals surface area contributed by atoms with Crippen molar-refractivity contribution in [2.24, 2.45) is 0 Å². The maximum Gasteiger partial charge on any atom is 0.338 e. The number of esters is 1. The minimum atomic E-state index is -0.315. The van der Waals surface area contributed by atoms with E-state index in [9.17, 15) is 4.79 Å². The number of carbonyl (C=O) groups excluding carboxylic acids is 1. The Bertz CT molecular complexity index is 919. The molecule has 32 heavy (non-hydrogen) atoms. The summed E-state index contributed by atoms with van der Waals surface area (Å²) < 4.78 is 21.4. The van der Waals surface area contributed by atoms with Crippen LogP contribution in [0.15, 0.2) is 36.4 Å². The van der Waals surface area contributed by atoms with Gasteiger partial charge in [0.1, 0.15) is 5.75 Å². The number of methoxy groups -OCH3 is 1. The highest BCUT2D eigenvalue weighted by molar-refractivity contribution is 5.90. The van der Waals surface area contributed by atoms with Gasteiger partial charge in [-0.1, -0.05) is 13.0 Å². The summed E-state index contributed by atoms with van der Waals surface area (Å²) >= 11 is 0. The van der Waals surface area contributed by atoms with Crippen molar-refractivity contribution in [1.82, 2.24) is 4.90 Å². The van der Waals surface area contributed by atoms with Crippen molar-refractivity contribution in [2.75, 3.05) is 33.6 Å². The Morgan fingerprint density at radius 2 is 1.94 bits per heavy atom. The first-order valence-corrected chi connectivity index (χ1v) is 11.1. The molecule has 7 heteroatoms. The van der Waals surface area contributed by atoms with E-state index in [1.807, 2.05) is 0 Å². The Morgan fingerprint density at radius 3 is 2.75 bits per heavy atom. The zero-order valence-corrected chi connectivity index (χ0v) is 19.6. The van der Waals surface area contributed by atoms with Gasteiger partial charge in [-0.15, -0.1) is 12.4 Å². The number of ether oxygens (including phenoxy) is 4. The summed E-state index contributed by atoms with van der Waals surface area (Å²) in [6.07, 6.45) is 5.22. The molecule has 0 aromatic heterocycles. The fourth-order valence-electron chi connectivity index (χ4n) is 4.44. The summed E-state index contributed by atoms with van der Waals surface area (Å²) in [5.74, 6) is 1.89. The molecule has 2 aromatic rings. The lowest BCUT2D eigenvalue weighted by Crippen LogP contribution is -2.39. The Kier molecular flexibility index (Phi) is 8.65. The number of benzene rings is 2. The van der Waals surface area contributed by atoms with E-state index in [1.54, 1.807) is 25.3 Å². The summed E-state index contributed by atoms with van der Waals surface area (Å²) in [7, 11) is 1.72. The van der Waals surface area contributed by atoms with Gasteiger partial charge in [-0.3, -0.25) is 0 Å². The standard InChI is InChI=1S/C25H31NO5.ClH/c1-3-26(21-9-6-19-15-22(28-2)10-7-18(19)14-21)12-4-5-13-29-25(27)20-8-11-23-24(16-20)31-17-30-23;/h7-8,10-11,15-16,21H,3-6,9,12-14,17H2,1-2H3;1H. The third-order valence-electron chi connectivity index (χ3n) is 6.22. The second-order valence-electron chi connectivity index (χ2n) is 8.07. The van der Waals surface area contributed by atoms with Crippen molar-refractivity contribution in [3.63, 3.8) is 0 Å². The van der Waals surface area contributed by atoms with Gasteiger partial charge in [-0.2, -0.15) is 0 Å². The van der Waals surface area contributed by atoms with Crippen LogP contribution >= 0.6 is 12.4 Å². The number of unbranched alkanes of at least 4 members (excludes halogenated alkanes) is 1. The van der Waals surface area contributed by atoms with Gasteiger partial charge in [-0.05, 0) is 86.7 Å². The lowest BCUT2D eigenvalue weighted by atomic mass is 9.87. The van der Waals surface area contributed by atoms with Crippen molar-refractivity contribution < 1.29 is 23.7 Å². The molecule has 1 atom stereocenters. The first-order chi connectivity index (χ1) is 15.2. The third-order valence-corrected chi connectivity index (χ3v) is 6.22. The lowest BCUT2D eigenvalue weighted by molar-refractivity contribution is 0.0492. The number of hydrogen-bond acceptors (Lipinski definition) is 6. The van der Waals surface area contributed by atoms with Crippen molar-refractivity contribution in [2.45, 2.75) is 45.1 Å². The van der Waals surface area contributed by atoms with Gasteiger partial charge in [0.25, 0.3) is 0 Å². The number of carbonyl (C=O) groups is 1. The number of rotatable bonds is 9. The van der Waals surface area contributed by atoms with Crippen LogP contribution in [0, 0.1) is 0 Å². The van der Waals surface area contributed by atoms with Crippen molar-refractivity contribution in [3.05, 3.63) is 53.1 Å². The molecule has 0 spiro atoms. The molecule has 0 saturated heterocycles. The molecule has 1 unspecified atom stereocenters. The molecule has 6 nitrogen and oxygen atoms in total. The summed E-state index contributed by atoms with van der Waals surface area (Å²) in [6.45, 7) is 4.91. The highest BCUT2D eigenvalue weighted by Crippen LogP contribution is 2.32. The topological polar surface area (TPSA) is 57.2 Å². The number of halogens is 1. The highest BCUT2D eigenvalue weighted by Gasteiger charge is 2.23. The Morgan fingerprint density at radius 1 is 1.09 bits per heavy atom. The molecule has 0 N–H and O–H groups in total. The summed E-state index contributed by atoms with van der Waals surface area (Å²) in [5, 5.41) is 0. The molecular formula is C25H32ClNO5. The van der Waals surface area contributed by atoms with Crippen molar-refractivity contribution in [1.29, 1.82) is 0 Å². The maximum atomic E-state index is 12.3. The second-order valence-corrected chi connectivity index (χ2v) is 8.07. The summed E-state index contributed by atoms with van der Waals surface area (Å²) in [5.41, 5.74) is 3.35. The highest BCUT2D eigenvalue weighted by atomic mass is 35.5. The Labute approximate surface area is 196 Å². The maximum absolute atomic E-state index is 12.3. The SMILES string of the molecule is CCN(CCCCOC(=O)c1ccc2c(c1)OCO2)C1CCc2cc(OC)ccc2C1.Cl. The Hall–Kier alpha value is -2.44. The molecule has 0 radical (unpaired) electrons. The molecule has 4 rings (SSSR count). The second kappa shape index (κ2) is 11.4. The average molecular weight is 462 g/mol. The van der Waals surface area contributed by atoms with Crippen LogP contribution in [0.3, 0.4) is 0 Å². The quantitative estimate of drug-likeness (QED) is 0.400. The molecule has 2 aromatic carbocycles. The van der Waals surface area contributed by atoms with Gasteiger partial charge in [-0.25, -0.2) is 4.79 Å². The largest absolute Gasteiger partial charge is 0.497 e. The van der Waals surface area contributed by atoms with Crippen LogP contribution in [0.4, 0.5) is 0 Å². The fourth-order valence-corrected chi connectivity index (χ4v) is 4.44. The zero-order chi connectivity index (χ0) is 21.6. The third kappa shape index (κ3) is 5.67. The van der Waals surface area contributed by atoms with Gasteiger partial charge in [0, 0.05) is 6.04 Å². The van der Waals surface area contributed by atoms with Gasteiger partial charge < -0.3 is 23.8 Å². The first-order valence-electron chi connectivity index (χ1n) is 11.1. The number of likely N-dealkylation sites (N-methyl/N-ethyl adjacent to an activating group) is 1.